The van der Waals surface area contributed by atoms with Gasteiger partial charge in [0.2, 0.25) is 0 Å². The minimum Gasteiger partial charge on any atom is -0.444 e. The van der Waals surface area contributed by atoms with Gasteiger partial charge in [-0.2, -0.15) is 8.78 Å². The molecule has 0 radical (unpaired) electrons. The number of hydrogen-bond donors (Lipinski definition) is 2. The number of benzene rings is 2. The molecule has 2 amide bonds. The summed E-state index contributed by atoms with van der Waals surface area (Å²) >= 11 is 6.79. The Balaban J connectivity index is 1.55. The van der Waals surface area contributed by atoms with Gasteiger partial charge in [-0.15, -0.1) is 0 Å². The number of pyridine rings is 2. The van der Waals surface area contributed by atoms with Crippen molar-refractivity contribution in [2.75, 3.05) is 18.5 Å². The molecule has 0 unspecified atom stereocenters. The van der Waals surface area contributed by atoms with Crippen molar-refractivity contribution in [1.29, 1.82) is 0 Å². The number of carbonyl (C=O) groups is 3. The molecular weight excluding hydrogens is 634 g/mol. The first kappa shape index (κ1) is 34.9. The van der Waals surface area contributed by atoms with Crippen LogP contribution in [0, 0.1) is 6.92 Å². The Morgan fingerprint density at radius 1 is 1.09 bits per heavy atom. The lowest BCUT2D eigenvalue weighted by Gasteiger charge is -2.27. The highest BCUT2D eigenvalue weighted by molar-refractivity contribution is 6.35. The number of rotatable bonds is 11. The van der Waals surface area contributed by atoms with E-state index in [1.54, 1.807) is 52.0 Å². The number of anilines is 1. The number of alkyl halides is 2. The zero-order valence-electron chi connectivity index (χ0n) is 26.1. The van der Waals surface area contributed by atoms with Crippen LogP contribution in [0.25, 0.3) is 22.4 Å². The molecule has 0 saturated carbocycles. The largest absolute Gasteiger partial charge is 0.444 e. The first-order valence-electron chi connectivity index (χ1n) is 14.4. The van der Waals surface area contributed by atoms with Crippen LogP contribution in [0.5, 0.6) is 5.75 Å². The Kier molecular flexibility index (Phi) is 11.2. The van der Waals surface area contributed by atoms with Crippen molar-refractivity contribution in [3.8, 4) is 28.1 Å². The van der Waals surface area contributed by atoms with E-state index in [0.29, 0.717) is 39.8 Å². The summed E-state index contributed by atoms with van der Waals surface area (Å²) in [6, 6.07) is 14.3. The molecule has 0 aliphatic heterocycles. The Morgan fingerprint density at radius 2 is 1.85 bits per heavy atom. The van der Waals surface area contributed by atoms with Gasteiger partial charge in [-0.1, -0.05) is 35.9 Å². The summed E-state index contributed by atoms with van der Waals surface area (Å²) in [5, 5.41) is 12.5. The van der Waals surface area contributed by atoms with Gasteiger partial charge < -0.3 is 24.8 Å². The van der Waals surface area contributed by atoms with Crippen molar-refractivity contribution in [2.24, 2.45) is 0 Å². The highest BCUT2D eigenvalue weighted by Crippen LogP contribution is 2.39. The standard InChI is InChI=1S/C34H33ClF2N4O6/c1-20-24(25-12-13-38-30(29(25)35)22-9-10-23(19-43)28(16-22)46-32(36)37)6-5-7-26(20)40-31(44)27-11-8-21(17-39-27)18-41(14-15-42)33(45)47-34(2,3)4/h5-13,16-17,19,32,42H,14-15,18H2,1-4H3,(H,40,44). The van der Waals surface area contributed by atoms with Crippen LogP contribution >= 0.6 is 11.6 Å². The molecule has 0 saturated heterocycles. The maximum Gasteiger partial charge on any atom is 0.410 e. The number of halogens is 3. The topological polar surface area (TPSA) is 131 Å². The first-order chi connectivity index (χ1) is 22.3. The third-order valence-electron chi connectivity index (χ3n) is 6.84. The minimum atomic E-state index is -3.13. The van der Waals surface area contributed by atoms with Gasteiger partial charge in [-0.25, -0.2) is 4.79 Å². The lowest BCUT2D eigenvalue weighted by Crippen LogP contribution is -2.38. The van der Waals surface area contributed by atoms with Gasteiger partial charge in [-0.3, -0.25) is 19.6 Å². The van der Waals surface area contributed by atoms with Crippen LogP contribution in [0.3, 0.4) is 0 Å². The average Bonchev–Trinajstić information content (AvgIpc) is 3.01. The van der Waals surface area contributed by atoms with Gasteiger partial charge in [0.1, 0.15) is 17.0 Å². The number of aromatic nitrogens is 2. The van der Waals surface area contributed by atoms with E-state index < -0.39 is 24.2 Å². The summed E-state index contributed by atoms with van der Waals surface area (Å²) in [7, 11) is 0. The normalized spacial score (nSPS) is 11.3. The van der Waals surface area contributed by atoms with E-state index in [1.807, 2.05) is 6.07 Å². The second-order valence-corrected chi connectivity index (χ2v) is 11.8. The number of nitrogens with one attached hydrogen (secondary N) is 1. The fourth-order valence-corrected chi connectivity index (χ4v) is 4.96. The second-order valence-electron chi connectivity index (χ2n) is 11.4. The van der Waals surface area contributed by atoms with Crippen molar-refractivity contribution in [1.82, 2.24) is 14.9 Å². The Hall–Kier alpha value is -4.94. The van der Waals surface area contributed by atoms with Crippen molar-refractivity contribution in [2.45, 2.75) is 46.5 Å². The third kappa shape index (κ3) is 8.87. The molecule has 0 bridgehead atoms. The van der Waals surface area contributed by atoms with E-state index in [9.17, 15) is 28.3 Å². The van der Waals surface area contributed by atoms with Crippen LogP contribution in [0.2, 0.25) is 5.02 Å². The highest BCUT2D eigenvalue weighted by atomic mass is 35.5. The summed E-state index contributed by atoms with van der Waals surface area (Å²) in [6.07, 6.45) is 2.83. The molecule has 0 aliphatic rings. The van der Waals surface area contributed by atoms with E-state index in [0.717, 1.165) is 0 Å². The van der Waals surface area contributed by atoms with Crippen LogP contribution in [0.15, 0.2) is 67.0 Å². The molecule has 47 heavy (non-hydrogen) atoms. The summed E-state index contributed by atoms with van der Waals surface area (Å²) in [6.45, 7) is 3.87. The van der Waals surface area contributed by atoms with Gasteiger partial charge in [0.15, 0.2) is 6.29 Å². The predicted molar refractivity (Wildman–Crippen MR) is 173 cm³/mol. The molecule has 2 aromatic heterocycles. The molecule has 4 aromatic rings. The fraction of sp³-hybridized carbons (Fsp3) is 0.265. The molecule has 0 atom stereocenters. The Labute approximate surface area is 275 Å². The van der Waals surface area contributed by atoms with E-state index in [1.165, 1.54) is 41.6 Å². The smallest absolute Gasteiger partial charge is 0.410 e. The molecule has 10 nitrogen and oxygen atoms in total. The Morgan fingerprint density at radius 3 is 2.49 bits per heavy atom. The van der Waals surface area contributed by atoms with Gasteiger partial charge in [0, 0.05) is 35.8 Å². The van der Waals surface area contributed by atoms with Gasteiger partial charge in [-0.05, 0) is 74.7 Å². The number of aldehydes is 1. The minimum absolute atomic E-state index is 0.0470. The number of carbonyl (C=O) groups excluding carboxylic acids is 3. The molecule has 2 aromatic carbocycles. The number of hydrogen-bond acceptors (Lipinski definition) is 8. The van der Waals surface area contributed by atoms with Crippen molar-refractivity contribution in [3.63, 3.8) is 0 Å². The zero-order valence-corrected chi connectivity index (χ0v) is 26.8. The number of aliphatic hydroxyl groups is 1. The SMILES string of the molecule is Cc1c(NC(=O)c2ccc(CN(CCO)C(=O)OC(C)(C)C)cn2)cccc1-c1ccnc(-c2ccc(C=O)c(OC(F)F)c2)c1Cl. The van der Waals surface area contributed by atoms with E-state index in [-0.39, 0.29) is 47.4 Å². The van der Waals surface area contributed by atoms with Gasteiger partial charge in [0.05, 0.1) is 29.4 Å². The zero-order chi connectivity index (χ0) is 34.3. The molecule has 246 valence electrons. The average molecular weight is 667 g/mol. The van der Waals surface area contributed by atoms with Crippen LogP contribution in [0.4, 0.5) is 19.3 Å². The van der Waals surface area contributed by atoms with E-state index >= 15 is 0 Å². The summed E-state index contributed by atoms with van der Waals surface area (Å²) < 4.78 is 35.8. The van der Waals surface area contributed by atoms with Gasteiger partial charge >= 0.3 is 12.7 Å². The molecular formula is C34H33ClF2N4O6. The van der Waals surface area contributed by atoms with Crippen molar-refractivity contribution >= 4 is 35.6 Å². The van der Waals surface area contributed by atoms with Crippen LogP contribution in [-0.2, 0) is 11.3 Å². The van der Waals surface area contributed by atoms with E-state index in [2.05, 4.69) is 20.0 Å². The predicted octanol–water partition coefficient (Wildman–Crippen LogP) is 7.17. The monoisotopic (exact) mass is 666 g/mol. The quantitative estimate of drug-likeness (QED) is 0.161. The molecule has 2 heterocycles. The molecule has 4 rings (SSSR count). The molecule has 13 heteroatoms. The van der Waals surface area contributed by atoms with Crippen LogP contribution in [0.1, 0.15) is 52.7 Å². The van der Waals surface area contributed by atoms with Crippen molar-refractivity contribution < 1.29 is 37.7 Å². The second kappa shape index (κ2) is 15.1. The highest BCUT2D eigenvalue weighted by Gasteiger charge is 2.23. The lowest BCUT2D eigenvalue weighted by atomic mass is 9.97. The third-order valence-corrected chi connectivity index (χ3v) is 7.23. The van der Waals surface area contributed by atoms with Crippen molar-refractivity contribution in [3.05, 3.63) is 94.4 Å². The molecule has 0 spiro atoms. The van der Waals surface area contributed by atoms with Crippen LogP contribution in [-0.4, -0.2) is 63.6 Å². The molecule has 0 aliphatic carbocycles. The maximum atomic E-state index is 13.2. The summed E-state index contributed by atoms with van der Waals surface area (Å²) in [5.41, 5.74) is 3.09. The fourth-order valence-electron chi connectivity index (χ4n) is 4.63. The first-order valence-corrected chi connectivity index (χ1v) is 14.8. The van der Waals surface area contributed by atoms with Crippen LogP contribution < -0.4 is 10.1 Å². The maximum absolute atomic E-state index is 13.2. The number of nitrogens with zero attached hydrogens (tertiary/aromatic N) is 3. The summed E-state index contributed by atoms with van der Waals surface area (Å²) in [5.74, 6) is -0.775. The Bertz CT molecular complexity index is 1760. The van der Waals surface area contributed by atoms with Gasteiger partial charge in [0.25, 0.3) is 5.91 Å². The summed E-state index contributed by atoms with van der Waals surface area (Å²) in [4.78, 5) is 47.0. The number of amides is 2. The van der Waals surface area contributed by atoms with E-state index in [4.69, 9.17) is 16.3 Å². The molecule has 2 N–H and O–H groups in total. The molecule has 0 fully saturated rings. The number of aliphatic hydroxyl groups excluding tert-OH is 1. The number of ether oxygens (including phenoxy) is 2. The lowest BCUT2D eigenvalue weighted by molar-refractivity contribution is -0.0500.